The highest BCUT2D eigenvalue weighted by Crippen LogP contribution is 2.19. The highest BCUT2D eigenvalue weighted by molar-refractivity contribution is 9.10. The fourth-order valence-corrected chi connectivity index (χ4v) is 1.60. The van der Waals surface area contributed by atoms with Gasteiger partial charge in [-0.3, -0.25) is 0 Å². The van der Waals surface area contributed by atoms with Crippen LogP contribution in [0.25, 0.3) is 5.69 Å². The number of carbonyl (C=O) groups is 1. The number of carboxylic acids is 1. The minimum atomic E-state index is -1.02. The van der Waals surface area contributed by atoms with E-state index in [0.717, 1.165) is 15.7 Å². The van der Waals surface area contributed by atoms with E-state index < -0.39 is 5.97 Å². The molecule has 0 atom stereocenters. The molecule has 0 bridgehead atoms. The van der Waals surface area contributed by atoms with Crippen molar-refractivity contribution in [1.29, 1.82) is 0 Å². The maximum atomic E-state index is 10.7. The highest BCUT2D eigenvalue weighted by atomic mass is 79.9. The number of aryl methyl sites for hydroxylation is 1. The summed E-state index contributed by atoms with van der Waals surface area (Å²) in [5.74, 6) is -1.02. The van der Waals surface area contributed by atoms with Crippen molar-refractivity contribution in [2.75, 3.05) is 0 Å². The van der Waals surface area contributed by atoms with Gasteiger partial charge in [0.05, 0.1) is 5.69 Å². The molecule has 2 aromatic rings. The number of nitrogens with zero attached hydrogens (tertiary/aromatic N) is 2. The van der Waals surface area contributed by atoms with Gasteiger partial charge in [0.25, 0.3) is 0 Å². The zero-order valence-corrected chi connectivity index (χ0v) is 10.1. The smallest absolute Gasteiger partial charge is 0.356 e. The maximum absolute atomic E-state index is 10.7. The average Bonchev–Trinajstić information content (AvgIpc) is 2.71. The summed E-state index contributed by atoms with van der Waals surface area (Å²) in [6.45, 7) is 1.97. The number of hydrogen-bond donors (Lipinski definition) is 1. The van der Waals surface area contributed by atoms with Gasteiger partial charge in [-0.2, -0.15) is 5.10 Å². The van der Waals surface area contributed by atoms with Crippen LogP contribution < -0.4 is 0 Å². The molecule has 0 spiro atoms. The van der Waals surface area contributed by atoms with Crippen LogP contribution in [0.4, 0.5) is 0 Å². The number of halogens is 1. The summed E-state index contributed by atoms with van der Waals surface area (Å²) >= 11 is 3.41. The molecule has 0 aliphatic rings. The lowest BCUT2D eigenvalue weighted by Crippen LogP contribution is -2.01. The van der Waals surface area contributed by atoms with E-state index in [1.807, 2.05) is 25.1 Å². The van der Waals surface area contributed by atoms with Crippen LogP contribution in [0.5, 0.6) is 0 Å². The molecule has 1 N–H and O–H groups in total. The fourth-order valence-electron chi connectivity index (χ4n) is 1.35. The average molecular weight is 281 g/mol. The molecule has 0 radical (unpaired) electrons. The standard InChI is InChI=1S/C11H9BrN2O2/c1-7-6-8(2-3-9(7)12)14-5-4-10(13-14)11(15)16/h2-6H,1H3,(H,15,16). The van der Waals surface area contributed by atoms with Gasteiger partial charge in [-0.15, -0.1) is 0 Å². The molecule has 0 saturated carbocycles. The van der Waals surface area contributed by atoms with Crippen LogP contribution in [0.15, 0.2) is 34.9 Å². The molecule has 16 heavy (non-hydrogen) atoms. The third kappa shape index (κ3) is 1.99. The predicted molar refractivity (Wildman–Crippen MR) is 63.0 cm³/mol. The zero-order valence-electron chi connectivity index (χ0n) is 8.51. The van der Waals surface area contributed by atoms with Crippen molar-refractivity contribution in [2.24, 2.45) is 0 Å². The van der Waals surface area contributed by atoms with Crippen LogP contribution in [0.2, 0.25) is 0 Å². The van der Waals surface area contributed by atoms with Gasteiger partial charge in [0.15, 0.2) is 5.69 Å². The third-order valence-corrected chi connectivity index (χ3v) is 3.10. The van der Waals surface area contributed by atoms with Gasteiger partial charge in [0, 0.05) is 10.7 Å². The topological polar surface area (TPSA) is 55.1 Å². The summed E-state index contributed by atoms with van der Waals surface area (Å²) in [6.07, 6.45) is 1.63. The Balaban J connectivity index is 2.42. The van der Waals surface area contributed by atoms with Crippen LogP contribution in [-0.4, -0.2) is 20.9 Å². The van der Waals surface area contributed by atoms with Crippen LogP contribution in [0, 0.1) is 6.92 Å². The molecule has 0 aliphatic heterocycles. The fraction of sp³-hybridized carbons (Fsp3) is 0.0909. The monoisotopic (exact) mass is 280 g/mol. The van der Waals surface area contributed by atoms with E-state index in [9.17, 15) is 4.79 Å². The van der Waals surface area contributed by atoms with Crippen LogP contribution in [0.1, 0.15) is 16.1 Å². The number of aromatic nitrogens is 2. The first-order valence-electron chi connectivity index (χ1n) is 4.63. The van der Waals surface area contributed by atoms with E-state index >= 15 is 0 Å². The second-order valence-corrected chi connectivity index (χ2v) is 4.24. The van der Waals surface area contributed by atoms with Crippen molar-refractivity contribution in [3.05, 3.63) is 46.2 Å². The van der Waals surface area contributed by atoms with Crippen molar-refractivity contribution >= 4 is 21.9 Å². The molecule has 0 unspecified atom stereocenters. The van der Waals surface area contributed by atoms with E-state index in [0.29, 0.717) is 0 Å². The van der Waals surface area contributed by atoms with E-state index in [-0.39, 0.29) is 5.69 Å². The van der Waals surface area contributed by atoms with Crippen molar-refractivity contribution in [2.45, 2.75) is 6.92 Å². The Hall–Kier alpha value is -1.62. The van der Waals surface area contributed by atoms with Crippen molar-refractivity contribution in [1.82, 2.24) is 9.78 Å². The Morgan fingerprint density at radius 3 is 2.75 bits per heavy atom. The largest absolute Gasteiger partial charge is 0.476 e. The number of rotatable bonds is 2. The van der Waals surface area contributed by atoms with Gasteiger partial charge in [-0.25, -0.2) is 9.48 Å². The van der Waals surface area contributed by atoms with Crippen molar-refractivity contribution in [3.8, 4) is 5.69 Å². The molecule has 5 heteroatoms. The Morgan fingerprint density at radius 1 is 1.44 bits per heavy atom. The molecule has 0 amide bonds. The lowest BCUT2D eigenvalue weighted by atomic mass is 10.2. The van der Waals surface area contributed by atoms with Gasteiger partial charge in [-0.1, -0.05) is 15.9 Å². The molecule has 0 saturated heterocycles. The summed E-state index contributed by atoms with van der Waals surface area (Å²) in [5, 5.41) is 12.7. The zero-order chi connectivity index (χ0) is 11.7. The van der Waals surface area contributed by atoms with E-state index in [2.05, 4.69) is 21.0 Å². The number of carboxylic acid groups (broad SMARTS) is 1. The van der Waals surface area contributed by atoms with Crippen LogP contribution >= 0.6 is 15.9 Å². The third-order valence-electron chi connectivity index (χ3n) is 2.21. The molecular weight excluding hydrogens is 272 g/mol. The summed E-state index contributed by atoms with van der Waals surface area (Å²) in [6, 6.07) is 7.19. The minimum Gasteiger partial charge on any atom is -0.476 e. The lowest BCUT2D eigenvalue weighted by molar-refractivity contribution is 0.0690. The molecule has 4 nitrogen and oxygen atoms in total. The second kappa shape index (κ2) is 4.09. The number of aromatic carboxylic acids is 1. The molecule has 1 aromatic carbocycles. The van der Waals surface area contributed by atoms with Gasteiger partial charge in [-0.05, 0) is 36.8 Å². The summed E-state index contributed by atoms with van der Waals surface area (Å²) in [4.78, 5) is 10.7. The Bertz CT molecular complexity index is 549. The van der Waals surface area contributed by atoms with E-state index in [1.165, 1.54) is 6.07 Å². The Morgan fingerprint density at radius 2 is 2.19 bits per heavy atom. The van der Waals surface area contributed by atoms with Crippen LogP contribution in [0.3, 0.4) is 0 Å². The number of benzene rings is 1. The van der Waals surface area contributed by atoms with Crippen molar-refractivity contribution < 1.29 is 9.90 Å². The lowest BCUT2D eigenvalue weighted by Gasteiger charge is -2.03. The van der Waals surface area contributed by atoms with Gasteiger partial charge in [0.2, 0.25) is 0 Å². The predicted octanol–water partition coefficient (Wildman–Crippen LogP) is 2.64. The number of hydrogen-bond acceptors (Lipinski definition) is 2. The molecular formula is C11H9BrN2O2. The highest BCUT2D eigenvalue weighted by Gasteiger charge is 2.07. The SMILES string of the molecule is Cc1cc(-n2ccc(C(=O)O)n2)ccc1Br. The first-order valence-corrected chi connectivity index (χ1v) is 5.43. The first kappa shape index (κ1) is 10.9. The molecule has 0 aliphatic carbocycles. The van der Waals surface area contributed by atoms with Gasteiger partial charge < -0.3 is 5.11 Å². The second-order valence-electron chi connectivity index (χ2n) is 3.38. The van der Waals surface area contributed by atoms with Gasteiger partial charge >= 0.3 is 5.97 Å². The summed E-state index contributed by atoms with van der Waals surface area (Å²) in [5.41, 5.74) is 1.96. The summed E-state index contributed by atoms with van der Waals surface area (Å²) in [7, 11) is 0. The van der Waals surface area contributed by atoms with Gasteiger partial charge in [0.1, 0.15) is 0 Å². The molecule has 0 fully saturated rings. The molecule has 2 rings (SSSR count). The quantitative estimate of drug-likeness (QED) is 0.920. The van der Waals surface area contributed by atoms with E-state index in [1.54, 1.807) is 10.9 Å². The summed E-state index contributed by atoms with van der Waals surface area (Å²) < 4.78 is 2.56. The van der Waals surface area contributed by atoms with E-state index in [4.69, 9.17) is 5.11 Å². The Kier molecular flexibility index (Phi) is 2.78. The minimum absolute atomic E-state index is 0.0422. The molecule has 82 valence electrons. The first-order chi connectivity index (χ1) is 7.58. The maximum Gasteiger partial charge on any atom is 0.356 e. The van der Waals surface area contributed by atoms with Crippen molar-refractivity contribution in [3.63, 3.8) is 0 Å². The molecule has 1 aromatic heterocycles. The normalized spacial score (nSPS) is 10.4. The Labute approximate surface area is 101 Å². The molecule has 1 heterocycles. The van der Waals surface area contributed by atoms with Crippen LogP contribution in [-0.2, 0) is 0 Å².